The van der Waals surface area contributed by atoms with Crippen molar-refractivity contribution >= 4 is 11.9 Å². The summed E-state index contributed by atoms with van der Waals surface area (Å²) in [5.41, 5.74) is 0.101. The number of likely N-dealkylation sites (N-methyl/N-ethyl adjacent to an activating group) is 1. The highest BCUT2D eigenvalue weighted by atomic mass is 16.4. The lowest BCUT2D eigenvalue weighted by Crippen LogP contribution is -2.23. The minimum absolute atomic E-state index is 0.197. The third kappa shape index (κ3) is 5.35. The molecule has 80 valence electrons. The van der Waals surface area contributed by atoms with Gasteiger partial charge in [-0.1, -0.05) is 26.8 Å². The molecule has 0 aliphatic heterocycles. The molecule has 0 atom stereocenters. The minimum Gasteiger partial charge on any atom is -0.481 e. The number of carbonyl (C=O) groups excluding carboxylic acids is 1. The topological polar surface area (TPSA) is 66.4 Å². The number of allylic oxidation sites excluding steroid dienone is 1. The van der Waals surface area contributed by atoms with E-state index in [0.29, 0.717) is 5.57 Å². The zero-order valence-electron chi connectivity index (χ0n) is 9.05. The SMILES string of the molecule is CNC(=O)C(=CC(C)(C)C)CC(=O)O. The first-order valence-corrected chi connectivity index (χ1v) is 4.42. The summed E-state index contributed by atoms with van der Waals surface area (Å²) in [6.45, 7) is 5.74. The fourth-order valence-electron chi connectivity index (χ4n) is 1.04. The van der Waals surface area contributed by atoms with Gasteiger partial charge in [0, 0.05) is 12.6 Å². The summed E-state index contributed by atoms with van der Waals surface area (Å²) in [7, 11) is 1.49. The fraction of sp³-hybridized carbons (Fsp3) is 0.600. The molecular weight excluding hydrogens is 182 g/mol. The molecular formula is C10H17NO3. The Morgan fingerprint density at radius 1 is 1.36 bits per heavy atom. The van der Waals surface area contributed by atoms with Gasteiger partial charge in [0.15, 0.2) is 0 Å². The average Bonchev–Trinajstić information content (AvgIpc) is 1.98. The number of amides is 1. The Kier molecular flexibility index (Phi) is 4.34. The molecule has 1 amide bonds. The van der Waals surface area contributed by atoms with Crippen LogP contribution in [0.4, 0.5) is 0 Å². The van der Waals surface area contributed by atoms with Crippen molar-refractivity contribution in [2.24, 2.45) is 5.41 Å². The number of rotatable bonds is 3. The highest BCUT2D eigenvalue weighted by Crippen LogP contribution is 2.19. The number of carbonyl (C=O) groups is 2. The number of hydrogen-bond donors (Lipinski definition) is 2. The lowest BCUT2D eigenvalue weighted by molar-refractivity contribution is -0.137. The van der Waals surface area contributed by atoms with Crippen LogP contribution in [0.25, 0.3) is 0 Å². The smallest absolute Gasteiger partial charge is 0.308 e. The van der Waals surface area contributed by atoms with Crippen molar-refractivity contribution in [1.82, 2.24) is 5.32 Å². The molecule has 0 aromatic heterocycles. The summed E-state index contributed by atoms with van der Waals surface area (Å²) in [4.78, 5) is 21.8. The average molecular weight is 199 g/mol. The van der Waals surface area contributed by atoms with Gasteiger partial charge in [-0.2, -0.15) is 0 Å². The maximum atomic E-state index is 11.3. The van der Waals surface area contributed by atoms with E-state index in [4.69, 9.17) is 5.11 Å². The van der Waals surface area contributed by atoms with Crippen molar-refractivity contribution in [2.45, 2.75) is 27.2 Å². The van der Waals surface area contributed by atoms with Gasteiger partial charge >= 0.3 is 5.97 Å². The fourth-order valence-corrected chi connectivity index (χ4v) is 1.04. The van der Waals surface area contributed by atoms with E-state index in [9.17, 15) is 9.59 Å². The van der Waals surface area contributed by atoms with Crippen LogP contribution >= 0.6 is 0 Å². The zero-order valence-corrected chi connectivity index (χ0v) is 9.05. The molecule has 0 fully saturated rings. The molecule has 4 heteroatoms. The van der Waals surface area contributed by atoms with Gasteiger partial charge in [-0.25, -0.2) is 0 Å². The van der Waals surface area contributed by atoms with Crippen LogP contribution in [-0.2, 0) is 9.59 Å². The normalized spacial score (nSPS) is 12.4. The molecule has 0 aliphatic rings. The van der Waals surface area contributed by atoms with Crippen LogP contribution in [-0.4, -0.2) is 24.0 Å². The molecule has 0 heterocycles. The highest BCUT2D eigenvalue weighted by Gasteiger charge is 2.16. The first-order valence-electron chi connectivity index (χ1n) is 4.42. The largest absolute Gasteiger partial charge is 0.481 e. The molecule has 0 saturated heterocycles. The van der Waals surface area contributed by atoms with Crippen LogP contribution in [0, 0.1) is 5.41 Å². The summed E-state index contributed by atoms with van der Waals surface area (Å²) < 4.78 is 0. The number of aliphatic carboxylic acids is 1. The lowest BCUT2D eigenvalue weighted by Gasteiger charge is -2.14. The minimum atomic E-state index is -0.996. The predicted octanol–water partition coefficient (Wildman–Crippen LogP) is 1.18. The molecule has 0 saturated carbocycles. The molecule has 0 aromatic rings. The van der Waals surface area contributed by atoms with Gasteiger partial charge in [-0.15, -0.1) is 0 Å². The van der Waals surface area contributed by atoms with Crippen molar-refractivity contribution in [3.63, 3.8) is 0 Å². The Labute approximate surface area is 84.0 Å². The summed E-state index contributed by atoms with van der Waals surface area (Å²) >= 11 is 0. The van der Waals surface area contributed by atoms with Crippen LogP contribution in [0.5, 0.6) is 0 Å². The van der Waals surface area contributed by atoms with Crippen LogP contribution < -0.4 is 5.32 Å². The molecule has 4 nitrogen and oxygen atoms in total. The van der Waals surface area contributed by atoms with Crippen LogP contribution in [0.1, 0.15) is 27.2 Å². The molecule has 0 bridgehead atoms. The van der Waals surface area contributed by atoms with E-state index >= 15 is 0 Å². The van der Waals surface area contributed by atoms with Crippen LogP contribution in [0.2, 0.25) is 0 Å². The summed E-state index contributed by atoms with van der Waals surface area (Å²) in [6, 6.07) is 0. The van der Waals surface area contributed by atoms with E-state index < -0.39 is 5.97 Å². The van der Waals surface area contributed by atoms with E-state index in [1.807, 2.05) is 20.8 Å². The van der Waals surface area contributed by atoms with Gasteiger partial charge in [-0.05, 0) is 5.41 Å². The number of nitrogens with one attached hydrogen (secondary N) is 1. The Balaban J connectivity index is 4.81. The van der Waals surface area contributed by atoms with Gasteiger partial charge in [-0.3, -0.25) is 9.59 Å². The van der Waals surface area contributed by atoms with E-state index in [-0.39, 0.29) is 17.7 Å². The zero-order chi connectivity index (χ0) is 11.4. The second kappa shape index (κ2) is 4.79. The first kappa shape index (κ1) is 12.7. The molecule has 0 rings (SSSR count). The summed E-state index contributed by atoms with van der Waals surface area (Å²) in [6.07, 6.45) is 1.44. The van der Waals surface area contributed by atoms with Gasteiger partial charge in [0.05, 0.1) is 6.42 Å². The Morgan fingerprint density at radius 3 is 2.14 bits per heavy atom. The molecule has 2 N–H and O–H groups in total. The second-order valence-electron chi connectivity index (χ2n) is 4.19. The first-order chi connectivity index (χ1) is 6.26. The van der Waals surface area contributed by atoms with Crippen molar-refractivity contribution < 1.29 is 14.7 Å². The second-order valence-corrected chi connectivity index (χ2v) is 4.19. The molecule has 0 aliphatic carbocycles. The number of hydrogen-bond acceptors (Lipinski definition) is 2. The third-order valence-electron chi connectivity index (χ3n) is 1.47. The van der Waals surface area contributed by atoms with E-state index in [2.05, 4.69) is 5.32 Å². The quantitative estimate of drug-likeness (QED) is 0.671. The van der Waals surface area contributed by atoms with E-state index in [0.717, 1.165) is 0 Å². The Morgan fingerprint density at radius 2 is 1.86 bits per heavy atom. The van der Waals surface area contributed by atoms with Crippen molar-refractivity contribution in [2.75, 3.05) is 7.05 Å². The van der Waals surface area contributed by atoms with Crippen molar-refractivity contribution in [3.05, 3.63) is 11.6 Å². The van der Waals surface area contributed by atoms with Gasteiger partial charge < -0.3 is 10.4 Å². The maximum absolute atomic E-state index is 11.3. The molecule has 0 aromatic carbocycles. The van der Waals surface area contributed by atoms with Gasteiger partial charge in [0.25, 0.3) is 0 Å². The maximum Gasteiger partial charge on any atom is 0.308 e. The summed E-state index contributed by atoms with van der Waals surface area (Å²) in [5, 5.41) is 11.0. The van der Waals surface area contributed by atoms with Crippen molar-refractivity contribution in [1.29, 1.82) is 0 Å². The highest BCUT2D eigenvalue weighted by molar-refractivity contribution is 5.97. The Hall–Kier alpha value is -1.32. The van der Waals surface area contributed by atoms with Crippen LogP contribution in [0.3, 0.4) is 0 Å². The molecule has 0 radical (unpaired) electrons. The standard InChI is InChI=1S/C10H17NO3/c1-10(2,3)6-7(5-8(12)13)9(14)11-4/h6H,5H2,1-4H3,(H,11,14)(H,12,13). The number of carboxylic acid groups (broad SMARTS) is 1. The monoisotopic (exact) mass is 199 g/mol. The van der Waals surface area contributed by atoms with Crippen LogP contribution in [0.15, 0.2) is 11.6 Å². The molecule has 14 heavy (non-hydrogen) atoms. The number of carboxylic acids is 1. The molecule has 0 unspecified atom stereocenters. The van der Waals surface area contributed by atoms with Gasteiger partial charge in [0.1, 0.15) is 0 Å². The third-order valence-corrected chi connectivity index (χ3v) is 1.47. The van der Waals surface area contributed by atoms with Gasteiger partial charge in [0.2, 0.25) is 5.91 Å². The summed E-state index contributed by atoms with van der Waals surface area (Å²) in [5.74, 6) is -1.33. The van der Waals surface area contributed by atoms with E-state index in [1.54, 1.807) is 6.08 Å². The van der Waals surface area contributed by atoms with E-state index in [1.165, 1.54) is 7.05 Å². The lowest BCUT2D eigenvalue weighted by atomic mass is 9.92. The molecule has 0 spiro atoms. The predicted molar refractivity (Wildman–Crippen MR) is 53.9 cm³/mol. The van der Waals surface area contributed by atoms with Crippen molar-refractivity contribution in [3.8, 4) is 0 Å². The Bertz CT molecular complexity index is 261.